The summed E-state index contributed by atoms with van der Waals surface area (Å²) in [5.41, 5.74) is 4.12. The number of aromatic hydroxyl groups is 2. The van der Waals surface area contributed by atoms with Gasteiger partial charge in [0.1, 0.15) is 11.5 Å². The molecule has 208 valence electrons. The van der Waals surface area contributed by atoms with Crippen LogP contribution in [-0.4, -0.2) is 34.7 Å². The molecule has 38 heavy (non-hydrogen) atoms. The molecule has 3 rings (SSSR count). The number of hydrogen-bond donors (Lipinski definition) is 2. The summed E-state index contributed by atoms with van der Waals surface area (Å²) in [6, 6.07) is 12.0. The molecule has 1 aliphatic carbocycles. The van der Waals surface area contributed by atoms with Gasteiger partial charge in [-0.15, -0.1) is 0 Å². The number of hydrogen-bond acceptors (Lipinski definition) is 4. The average molecular weight is 519 g/mol. The van der Waals surface area contributed by atoms with E-state index < -0.39 is 0 Å². The maximum atomic E-state index is 10.5. The lowest BCUT2D eigenvalue weighted by Gasteiger charge is -2.25. The molecule has 2 aromatic rings. The molecule has 2 aromatic carbocycles. The van der Waals surface area contributed by atoms with Gasteiger partial charge in [0.05, 0.1) is 12.1 Å². The lowest BCUT2D eigenvalue weighted by molar-refractivity contribution is 0.390. The fraction of sp³-hybridized carbons (Fsp3) is 0.588. The van der Waals surface area contributed by atoms with Crippen LogP contribution in [-0.2, 0) is 12.8 Å². The molecule has 1 saturated carbocycles. The molecule has 2 atom stereocenters. The van der Waals surface area contributed by atoms with Crippen LogP contribution in [0.25, 0.3) is 0 Å². The second kappa shape index (κ2) is 17.1. The maximum absolute atomic E-state index is 10.5. The summed E-state index contributed by atoms with van der Waals surface area (Å²) in [6.07, 6.45) is 22.7. The van der Waals surface area contributed by atoms with Crippen LogP contribution < -0.4 is 0 Å². The largest absolute Gasteiger partial charge is 0.507 e. The molecule has 0 unspecified atom stereocenters. The first-order valence-electron chi connectivity index (χ1n) is 15.3. The van der Waals surface area contributed by atoms with Crippen LogP contribution in [0.2, 0.25) is 0 Å². The molecule has 4 heteroatoms. The van der Waals surface area contributed by atoms with Crippen molar-refractivity contribution in [2.75, 3.05) is 0 Å². The van der Waals surface area contributed by atoms with Gasteiger partial charge in [-0.25, -0.2) is 0 Å². The van der Waals surface area contributed by atoms with E-state index in [1.165, 1.54) is 75.3 Å². The highest BCUT2D eigenvalue weighted by Crippen LogP contribution is 2.26. The SMILES string of the molecule is CCCCCCCCc1ccc(O)c(C=N[C@@H]2CCCC[C@H]2N=Cc2cc(CCCCCC)ccc2O)c1. The minimum absolute atomic E-state index is 0.0981. The number of aryl methyl sites for hydroxylation is 2. The number of benzene rings is 2. The molecule has 0 spiro atoms. The summed E-state index contributed by atoms with van der Waals surface area (Å²) in [5, 5.41) is 20.9. The van der Waals surface area contributed by atoms with Gasteiger partial charge in [-0.3, -0.25) is 9.98 Å². The Hall–Kier alpha value is -2.62. The molecule has 0 aromatic heterocycles. The van der Waals surface area contributed by atoms with E-state index in [0.29, 0.717) is 0 Å². The molecule has 2 N–H and O–H groups in total. The smallest absolute Gasteiger partial charge is 0.124 e. The van der Waals surface area contributed by atoms with Crippen molar-refractivity contribution in [3.05, 3.63) is 58.7 Å². The Morgan fingerprint density at radius 3 is 1.53 bits per heavy atom. The highest BCUT2D eigenvalue weighted by molar-refractivity contribution is 5.84. The fourth-order valence-corrected chi connectivity index (χ4v) is 5.38. The van der Waals surface area contributed by atoms with Gasteiger partial charge in [-0.1, -0.05) is 90.2 Å². The molecule has 0 aliphatic heterocycles. The van der Waals surface area contributed by atoms with Crippen molar-refractivity contribution in [2.24, 2.45) is 9.98 Å². The normalized spacial score (nSPS) is 18.1. The topological polar surface area (TPSA) is 65.2 Å². The van der Waals surface area contributed by atoms with Crippen molar-refractivity contribution < 1.29 is 10.2 Å². The van der Waals surface area contributed by atoms with Crippen LogP contribution in [0.15, 0.2) is 46.4 Å². The van der Waals surface area contributed by atoms with Crippen LogP contribution in [0.1, 0.15) is 126 Å². The molecular weight excluding hydrogens is 468 g/mol. The van der Waals surface area contributed by atoms with Gasteiger partial charge < -0.3 is 10.2 Å². The Balaban J connectivity index is 1.61. The molecule has 4 nitrogen and oxygen atoms in total. The predicted octanol–water partition coefficient (Wildman–Crippen LogP) is 8.97. The Morgan fingerprint density at radius 1 is 0.632 bits per heavy atom. The van der Waals surface area contributed by atoms with Gasteiger partial charge in [0.2, 0.25) is 0 Å². The van der Waals surface area contributed by atoms with E-state index in [1.54, 1.807) is 6.07 Å². The summed E-state index contributed by atoms with van der Waals surface area (Å²) >= 11 is 0. The van der Waals surface area contributed by atoms with E-state index in [1.807, 2.05) is 30.6 Å². The molecule has 0 radical (unpaired) electrons. The Labute approximate surface area is 231 Å². The number of nitrogens with zero attached hydrogens (tertiary/aromatic N) is 2. The number of aliphatic imine (C=N–C) groups is 2. The number of phenolic OH excluding ortho intramolecular Hbond substituents is 2. The zero-order valence-electron chi connectivity index (χ0n) is 23.9. The van der Waals surface area contributed by atoms with Gasteiger partial charge in [0.15, 0.2) is 0 Å². The second-order valence-corrected chi connectivity index (χ2v) is 11.1. The summed E-state index contributed by atoms with van der Waals surface area (Å²) in [7, 11) is 0. The average Bonchev–Trinajstić information content (AvgIpc) is 2.93. The molecule has 0 amide bonds. The quantitative estimate of drug-likeness (QED) is 0.172. The van der Waals surface area contributed by atoms with Crippen molar-refractivity contribution in [3.8, 4) is 11.5 Å². The monoisotopic (exact) mass is 518 g/mol. The Bertz CT molecular complexity index is 1010. The van der Waals surface area contributed by atoms with Gasteiger partial charge in [-0.2, -0.15) is 0 Å². The third-order valence-electron chi connectivity index (χ3n) is 7.83. The predicted molar refractivity (Wildman–Crippen MR) is 162 cm³/mol. The second-order valence-electron chi connectivity index (χ2n) is 11.1. The first-order chi connectivity index (χ1) is 18.6. The first kappa shape index (κ1) is 29.9. The lowest BCUT2D eigenvalue weighted by Crippen LogP contribution is -2.27. The fourth-order valence-electron chi connectivity index (χ4n) is 5.38. The zero-order valence-corrected chi connectivity index (χ0v) is 23.9. The van der Waals surface area contributed by atoms with Crippen LogP contribution in [0.5, 0.6) is 11.5 Å². The van der Waals surface area contributed by atoms with Crippen molar-refractivity contribution in [1.29, 1.82) is 0 Å². The van der Waals surface area contributed by atoms with Gasteiger partial charge in [0, 0.05) is 23.6 Å². The van der Waals surface area contributed by atoms with Crippen LogP contribution >= 0.6 is 0 Å². The summed E-state index contributed by atoms with van der Waals surface area (Å²) in [4.78, 5) is 9.82. The van der Waals surface area contributed by atoms with Gasteiger partial charge >= 0.3 is 0 Å². The number of rotatable bonds is 16. The standard InChI is InChI=1S/C34H50N2O2/c1-3-5-7-9-10-12-16-28-20-22-34(38)30(24-28)26-36-32-18-14-13-17-31(32)35-25-29-23-27(19-21-33(29)37)15-11-8-6-4-2/h19-26,31-32,37-38H,3-18H2,1-2H3/t31-,32-/m1/s1. The molecule has 0 heterocycles. The highest BCUT2D eigenvalue weighted by atomic mass is 16.3. The van der Waals surface area contributed by atoms with Crippen LogP contribution in [0.4, 0.5) is 0 Å². The maximum Gasteiger partial charge on any atom is 0.124 e. The third-order valence-corrected chi connectivity index (χ3v) is 7.83. The molecule has 1 aliphatic rings. The molecular formula is C34H50N2O2. The van der Waals surface area contributed by atoms with Gasteiger partial charge in [-0.05, 0) is 73.9 Å². The van der Waals surface area contributed by atoms with Crippen molar-refractivity contribution in [3.63, 3.8) is 0 Å². The van der Waals surface area contributed by atoms with E-state index in [9.17, 15) is 10.2 Å². The Kier molecular flexibility index (Phi) is 13.4. The highest BCUT2D eigenvalue weighted by Gasteiger charge is 2.23. The van der Waals surface area contributed by atoms with Crippen LogP contribution in [0, 0.1) is 0 Å². The molecule has 1 fully saturated rings. The van der Waals surface area contributed by atoms with Gasteiger partial charge in [0.25, 0.3) is 0 Å². The van der Waals surface area contributed by atoms with Crippen molar-refractivity contribution in [1.82, 2.24) is 0 Å². The van der Waals surface area contributed by atoms with E-state index >= 15 is 0 Å². The van der Waals surface area contributed by atoms with E-state index in [2.05, 4.69) is 26.0 Å². The summed E-state index contributed by atoms with van der Waals surface area (Å²) in [6.45, 7) is 4.48. The molecule has 0 saturated heterocycles. The Morgan fingerprint density at radius 2 is 1.05 bits per heavy atom. The van der Waals surface area contributed by atoms with Crippen molar-refractivity contribution >= 4 is 12.4 Å². The number of unbranched alkanes of at least 4 members (excludes halogenated alkanes) is 8. The van der Waals surface area contributed by atoms with Crippen molar-refractivity contribution in [2.45, 2.75) is 129 Å². The first-order valence-corrected chi connectivity index (χ1v) is 15.3. The third kappa shape index (κ3) is 10.3. The summed E-state index contributed by atoms with van der Waals surface area (Å²) in [5.74, 6) is 0.575. The van der Waals surface area contributed by atoms with Crippen LogP contribution in [0.3, 0.4) is 0 Å². The van der Waals surface area contributed by atoms with E-state index in [0.717, 1.165) is 49.7 Å². The lowest BCUT2D eigenvalue weighted by atomic mass is 9.91. The zero-order chi connectivity index (χ0) is 27.0. The van der Waals surface area contributed by atoms with E-state index in [-0.39, 0.29) is 23.6 Å². The molecule has 0 bridgehead atoms. The minimum Gasteiger partial charge on any atom is -0.507 e. The summed E-state index contributed by atoms with van der Waals surface area (Å²) < 4.78 is 0. The minimum atomic E-state index is 0.0981. The number of phenols is 2. The van der Waals surface area contributed by atoms with E-state index in [4.69, 9.17) is 9.98 Å².